The van der Waals surface area contributed by atoms with Crippen molar-refractivity contribution in [1.29, 1.82) is 5.26 Å². The van der Waals surface area contributed by atoms with E-state index in [1.807, 2.05) is 0 Å². The molecule has 0 aliphatic rings. The molecule has 0 N–H and O–H groups in total. The third kappa shape index (κ3) is 3.85. The Labute approximate surface area is 112 Å². The Morgan fingerprint density at radius 1 is 1.50 bits per heavy atom. The van der Waals surface area contributed by atoms with Crippen LogP contribution in [0.4, 0.5) is 18.9 Å². The van der Waals surface area contributed by atoms with Crippen molar-refractivity contribution >= 4 is 5.69 Å². The Bertz CT molecular complexity index is 538. The van der Waals surface area contributed by atoms with Crippen molar-refractivity contribution in [2.24, 2.45) is 5.92 Å². The molecule has 0 aliphatic heterocycles. The van der Waals surface area contributed by atoms with E-state index in [-0.39, 0.29) is 5.75 Å². The van der Waals surface area contributed by atoms with Crippen molar-refractivity contribution in [2.75, 3.05) is 6.61 Å². The molecule has 0 aromatic heterocycles. The van der Waals surface area contributed by atoms with Crippen molar-refractivity contribution in [3.8, 4) is 11.8 Å². The number of nitro groups is 1. The molecule has 0 aliphatic carbocycles. The zero-order chi connectivity index (χ0) is 15.3. The lowest BCUT2D eigenvalue weighted by molar-refractivity contribution is -0.386. The first kappa shape index (κ1) is 15.8. The maximum atomic E-state index is 12.4. The largest absolute Gasteiger partial charge is 0.485 e. The van der Waals surface area contributed by atoms with Crippen LogP contribution in [0.5, 0.6) is 5.75 Å². The predicted octanol–water partition coefficient (Wildman–Crippen LogP) is 3.24. The van der Waals surface area contributed by atoms with Crippen molar-refractivity contribution in [2.45, 2.75) is 19.5 Å². The first-order valence-electron chi connectivity index (χ1n) is 5.66. The number of rotatable bonds is 5. The number of nitro benzene ring substituents is 1. The zero-order valence-electron chi connectivity index (χ0n) is 10.5. The van der Waals surface area contributed by atoms with Gasteiger partial charge in [0.05, 0.1) is 11.0 Å². The Morgan fingerprint density at radius 2 is 2.15 bits per heavy atom. The molecule has 0 spiro atoms. The molecule has 1 unspecified atom stereocenters. The van der Waals surface area contributed by atoms with Crippen LogP contribution in [-0.2, 0) is 6.42 Å². The number of nitriles is 1. The van der Waals surface area contributed by atoms with Crippen LogP contribution in [0.15, 0.2) is 18.2 Å². The highest BCUT2D eigenvalue weighted by Gasteiger charge is 2.40. The van der Waals surface area contributed by atoms with Crippen LogP contribution in [-0.4, -0.2) is 17.7 Å². The minimum atomic E-state index is -4.73. The monoisotopic (exact) mass is 288 g/mol. The maximum Gasteiger partial charge on any atom is 0.407 e. The van der Waals surface area contributed by atoms with Gasteiger partial charge < -0.3 is 4.74 Å². The van der Waals surface area contributed by atoms with Gasteiger partial charge in [0.25, 0.3) is 0 Å². The van der Waals surface area contributed by atoms with Gasteiger partial charge >= 0.3 is 11.9 Å². The summed E-state index contributed by atoms with van der Waals surface area (Å²) < 4.78 is 41.9. The SMILES string of the molecule is CCc1ccc(OCC(C#N)C(F)(F)F)c([N+](=O)[O-])c1. The minimum Gasteiger partial charge on any atom is -0.485 e. The molecule has 1 aromatic carbocycles. The van der Waals surface area contributed by atoms with Gasteiger partial charge in [-0.2, -0.15) is 18.4 Å². The lowest BCUT2D eigenvalue weighted by Gasteiger charge is -2.14. The molecule has 0 saturated heterocycles. The van der Waals surface area contributed by atoms with E-state index in [2.05, 4.69) is 0 Å². The first-order chi connectivity index (χ1) is 9.29. The van der Waals surface area contributed by atoms with Crippen LogP contribution in [0.1, 0.15) is 12.5 Å². The number of aryl methyl sites for hydroxylation is 1. The summed E-state index contributed by atoms with van der Waals surface area (Å²) in [6.45, 7) is 0.807. The fourth-order valence-electron chi connectivity index (χ4n) is 1.43. The quantitative estimate of drug-likeness (QED) is 0.615. The molecule has 0 saturated carbocycles. The van der Waals surface area contributed by atoms with E-state index in [1.165, 1.54) is 18.2 Å². The van der Waals surface area contributed by atoms with E-state index < -0.39 is 29.3 Å². The van der Waals surface area contributed by atoms with Gasteiger partial charge in [-0.05, 0) is 18.1 Å². The normalized spacial score (nSPS) is 12.6. The third-order valence-corrected chi connectivity index (χ3v) is 2.58. The predicted molar refractivity (Wildman–Crippen MR) is 63.1 cm³/mol. The van der Waals surface area contributed by atoms with E-state index in [0.29, 0.717) is 12.0 Å². The number of hydrogen-bond donors (Lipinski definition) is 0. The summed E-state index contributed by atoms with van der Waals surface area (Å²) in [5, 5.41) is 19.3. The fraction of sp³-hybridized carbons (Fsp3) is 0.417. The number of ether oxygens (including phenoxy) is 1. The van der Waals surface area contributed by atoms with Gasteiger partial charge in [0.2, 0.25) is 0 Å². The lowest BCUT2D eigenvalue weighted by Crippen LogP contribution is -2.27. The van der Waals surface area contributed by atoms with Crippen molar-refractivity contribution in [1.82, 2.24) is 0 Å². The molecular formula is C12H11F3N2O3. The Balaban J connectivity index is 2.93. The molecular weight excluding hydrogens is 277 g/mol. The second kappa shape index (κ2) is 6.23. The summed E-state index contributed by atoms with van der Waals surface area (Å²) in [6, 6.07) is 5.07. The average Bonchev–Trinajstić information content (AvgIpc) is 2.37. The molecule has 1 aromatic rings. The van der Waals surface area contributed by atoms with E-state index >= 15 is 0 Å². The van der Waals surface area contributed by atoms with Gasteiger partial charge in [-0.3, -0.25) is 10.1 Å². The standard InChI is InChI=1S/C12H11F3N2O3/c1-2-8-3-4-11(10(5-8)17(18)19)20-7-9(6-16)12(13,14)15/h3-5,9H,2,7H2,1H3. The number of hydrogen-bond acceptors (Lipinski definition) is 4. The zero-order valence-corrected chi connectivity index (χ0v) is 10.5. The highest BCUT2D eigenvalue weighted by molar-refractivity contribution is 5.48. The molecule has 0 bridgehead atoms. The smallest absolute Gasteiger partial charge is 0.407 e. The Hall–Kier alpha value is -2.30. The van der Waals surface area contributed by atoms with Crippen LogP contribution in [0, 0.1) is 27.4 Å². The first-order valence-corrected chi connectivity index (χ1v) is 5.66. The van der Waals surface area contributed by atoms with Crippen molar-refractivity contribution < 1.29 is 22.8 Å². The molecule has 0 fully saturated rings. The Kier molecular flexibility index (Phi) is 4.91. The van der Waals surface area contributed by atoms with Crippen LogP contribution < -0.4 is 4.74 Å². The molecule has 108 valence electrons. The van der Waals surface area contributed by atoms with Gasteiger partial charge in [-0.25, -0.2) is 0 Å². The number of nitrogens with zero attached hydrogens (tertiary/aromatic N) is 2. The Morgan fingerprint density at radius 3 is 2.60 bits per heavy atom. The topological polar surface area (TPSA) is 76.2 Å². The molecule has 1 rings (SSSR count). The van der Waals surface area contributed by atoms with Crippen molar-refractivity contribution in [3.63, 3.8) is 0 Å². The molecule has 20 heavy (non-hydrogen) atoms. The average molecular weight is 288 g/mol. The highest BCUT2D eigenvalue weighted by Crippen LogP contribution is 2.31. The summed E-state index contributed by atoms with van der Waals surface area (Å²) in [6.07, 6.45) is -4.18. The molecule has 5 nitrogen and oxygen atoms in total. The summed E-state index contributed by atoms with van der Waals surface area (Å²) in [5.41, 5.74) is 0.250. The van der Waals surface area contributed by atoms with E-state index in [0.717, 1.165) is 6.07 Å². The van der Waals surface area contributed by atoms with E-state index in [4.69, 9.17) is 10.00 Å². The summed E-state index contributed by atoms with van der Waals surface area (Å²) in [7, 11) is 0. The van der Waals surface area contributed by atoms with Crippen molar-refractivity contribution in [3.05, 3.63) is 33.9 Å². The van der Waals surface area contributed by atoms with Gasteiger partial charge in [-0.15, -0.1) is 0 Å². The van der Waals surface area contributed by atoms with Crippen LogP contribution >= 0.6 is 0 Å². The van der Waals surface area contributed by atoms with E-state index in [9.17, 15) is 23.3 Å². The molecule has 1 atom stereocenters. The number of alkyl halides is 3. The summed E-state index contributed by atoms with van der Waals surface area (Å²) >= 11 is 0. The molecule has 0 amide bonds. The van der Waals surface area contributed by atoms with Gasteiger partial charge in [0.15, 0.2) is 11.7 Å². The van der Waals surface area contributed by atoms with Gasteiger partial charge in [0.1, 0.15) is 6.61 Å². The minimum absolute atomic E-state index is 0.281. The van der Waals surface area contributed by atoms with Crippen LogP contribution in [0.3, 0.4) is 0 Å². The number of benzene rings is 1. The van der Waals surface area contributed by atoms with Crippen LogP contribution in [0.25, 0.3) is 0 Å². The second-order valence-corrected chi connectivity index (χ2v) is 3.95. The lowest BCUT2D eigenvalue weighted by atomic mass is 10.1. The number of halogens is 3. The van der Waals surface area contributed by atoms with Gasteiger partial charge in [-0.1, -0.05) is 13.0 Å². The fourth-order valence-corrected chi connectivity index (χ4v) is 1.43. The molecule has 8 heteroatoms. The second-order valence-electron chi connectivity index (χ2n) is 3.95. The molecule has 0 radical (unpaired) electrons. The van der Waals surface area contributed by atoms with Crippen LogP contribution in [0.2, 0.25) is 0 Å². The van der Waals surface area contributed by atoms with E-state index in [1.54, 1.807) is 6.92 Å². The van der Waals surface area contributed by atoms with Gasteiger partial charge in [0, 0.05) is 6.07 Å². The summed E-state index contributed by atoms with van der Waals surface area (Å²) in [5.74, 6) is -2.61. The third-order valence-electron chi connectivity index (χ3n) is 2.58. The maximum absolute atomic E-state index is 12.4. The molecule has 0 heterocycles. The summed E-state index contributed by atoms with van der Waals surface area (Å²) in [4.78, 5) is 10.1. The highest BCUT2D eigenvalue weighted by atomic mass is 19.4.